The van der Waals surface area contributed by atoms with E-state index in [1.165, 1.54) is 18.3 Å². The van der Waals surface area contributed by atoms with Gasteiger partial charge in [-0.2, -0.15) is 13.2 Å². The summed E-state index contributed by atoms with van der Waals surface area (Å²) in [4.78, 5) is 15.5. The molecule has 2 amide bonds. The third kappa shape index (κ3) is 7.10. The van der Waals surface area contributed by atoms with Crippen molar-refractivity contribution in [3.05, 3.63) is 53.7 Å². The molecule has 1 heterocycles. The Morgan fingerprint density at radius 2 is 2.04 bits per heavy atom. The van der Waals surface area contributed by atoms with Crippen molar-refractivity contribution in [3.63, 3.8) is 0 Å². The van der Waals surface area contributed by atoms with Gasteiger partial charge in [0.25, 0.3) is 0 Å². The monoisotopic (exact) mass is 387 g/mol. The van der Waals surface area contributed by atoms with Crippen LogP contribution in [-0.4, -0.2) is 35.4 Å². The zero-order valence-corrected chi connectivity index (χ0v) is 14.0. The first kappa shape index (κ1) is 20.4. The summed E-state index contributed by atoms with van der Waals surface area (Å²) in [5.74, 6) is -0.295. The second kappa shape index (κ2) is 9.17. The molecule has 0 fully saturated rings. The standard InChI is InChI=1S/C17H17F4N3O3/c18-8-11-2-1-3-13(6-11)24-16(26)23-9-14(25)12-4-5-22-15(7-12)27-10-17(19,20)21/h1-7,14,25H,8-10H2,(H2,23,24,26)/t14-/m1/s1. The highest BCUT2D eigenvalue weighted by Crippen LogP contribution is 2.20. The second-order valence-corrected chi connectivity index (χ2v) is 5.52. The smallest absolute Gasteiger partial charge is 0.422 e. The number of nitrogens with one attached hydrogen (secondary N) is 2. The van der Waals surface area contributed by atoms with Crippen molar-refractivity contribution in [3.8, 4) is 5.88 Å². The van der Waals surface area contributed by atoms with Crippen molar-refractivity contribution < 1.29 is 32.2 Å². The molecule has 0 aliphatic rings. The average Bonchev–Trinajstić information content (AvgIpc) is 2.64. The van der Waals surface area contributed by atoms with Gasteiger partial charge in [-0.05, 0) is 29.3 Å². The summed E-state index contributed by atoms with van der Waals surface area (Å²) in [5, 5.41) is 15.0. The number of anilines is 1. The molecule has 0 unspecified atom stereocenters. The lowest BCUT2D eigenvalue weighted by Crippen LogP contribution is -2.32. The maximum Gasteiger partial charge on any atom is 0.422 e. The second-order valence-electron chi connectivity index (χ2n) is 5.52. The number of carbonyl (C=O) groups is 1. The Bertz CT molecular complexity index is 771. The zero-order valence-electron chi connectivity index (χ0n) is 14.0. The molecule has 0 radical (unpaired) electrons. The molecule has 3 N–H and O–H groups in total. The number of carbonyl (C=O) groups excluding carboxylic acids is 1. The van der Waals surface area contributed by atoms with Gasteiger partial charge in [0.2, 0.25) is 5.88 Å². The van der Waals surface area contributed by atoms with E-state index in [0.29, 0.717) is 11.3 Å². The van der Waals surface area contributed by atoms with Gasteiger partial charge in [-0.15, -0.1) is 0 Å². The molecule has 0 aliphatic carbocycles. The summed E-state index contributed by atoms with van der Waals surface area (Å²) in [6, 6.07) is 8.09. The van der Waals surface area contributed by atoms with Crippen LogP contribution in [0.15, 0.2) is 42.6 Å². The molecule has 0 saturated carbocycles. The van der Waals surface area contributed by atoms with Gasteiger partial charge in [0, 0.05) is 24.5 Å². The maximum absolute atomic E-state index is 12.6. The summed E-state index contributed by atoms with van der Waals surface area (Å²) in [6.07, 6.45) is -4.51. The van der Waals surface area contributed by atoms with Crippen LogP contribution in [0.4, 0.5) is 28.0 Å². The number of benzene rings is 1. The van der Waals surface area contributed by atoms with Crippen LogP contribution in [-0.2, 0) is 6.67 Å². The van der Waals surface area contributed by atoms with Crippen LogP contribution >= 0.6 is 0 Å². The lowest BCUT2D eigenvalue weighted by Gasteiger charge is -2.14. The van der Waals surface area contributed by atoms with Crippen molar-refractivity contribution in [1.29, 1.82) is 0 Å². The van der Waals surface area contributed by atoms with E-state index in [1.807, 2.05) is 0 Å². The Labute approximate surface area is 152 Å². The molecule has 10 heteroatoms. The third-order valence-electron chi connectivity index (χ3n) is 3.32. The summed E-state index contributed by atoms with van der Waals surface area (Å²) < 4.78 is 53.6. The molecule has 0 aliphatic heterocycles. The number of halogens is 4. The Balaban J connectivity index is 1.87. The molecular formula is C17H17F4N3O3. The summed E-state index contributed by atoms with van der Waals surface area (Å²) in [6.45, 7) is -2.38. The maximum atomic E-state index is 12.6. The molecular weight excluding hydrogens is 370 g/mol. The largest absolute Gasteiger partial charge is 0.468 e. The van der Waals surface area contributed by atoms with E-state index in [4.69, 9.17) is 0 Å². The molecule has 1 aromatic carbocycles. The summed E-state index contributed by atoms with van der Waals surface area (Å²) in [5.41, 5.74) is 1.00. The number of amides is 2. The number of aromatic nitrogens is 1. The minimum absolute atomic E-state index is 0.211. The van der Waals surface area contributed by atoms with Crippen LogP contribution in [0.3, 0.4) is 0 Å². The van der Waals surface area contributed by atoms with E-state index in [0.717, 1.165) is 6.07 Å². The van der Waals surface area contributed by atoms with Gasteiger partial charge in [0.1, 0.15) is 6.67 Å². The first-order valence-electron chi connectivity index (χ1n) is 7.80. The number of alkyl halides is 4. The predicted octanol–water partition coefficient (Wildman–Crippen LogP) is 3.35. The molecule has 27 heavy (non-hydrogen) atoms. The number of urea groups is 1. The van der Waals surface area contributed by atoms with Gasteiger partial charge in [-0.1, -0.05) is 12.1 Å². The number of ether oxygens (including phenoxy) is 1. The van der Waals surface area contributed by atoms with Crippen molar-refractivity contribution in [2.45, 2.75) is 19.0 Å². The van der Waals surface area contributed by atoms with Crippen molar-refractivity contribution in [1.82, 2.24) is 10.3 Å². The van der Waals surface area contributed by atoms with Gasteiger partial charge in [-0.25, -0.2) is 14.2 Å². The number of aliphatic hydroxyl groups excluding tert-OH is 1. The van der Waals surface area contributed by atoms with Crippen LogP contribution < -0.4 is 15.4 Å². The number of pyridine rings is 1. The molecule has 146 valence electrons. The molecule has 1 atom stereocenters. The minimum Gasteiger partial charge on any atom is -0.468 e. The first-order valence-corrected chi connectivity index (χ1v) is 7.80. The molecule has 0 spiro atoms. The minimum atomic E-state index is -4.50. The fraction of sp³-hybridized carbons (Fsp3) is 0.294. The quantitative estimate of drug-likeness (QED) is 0.637. The number of nitrogens with zero attached hydrogens (tertiary/aromatic N) is 1. The van der Waals surface area contributed by atoms with Gasteiger partial charge in [-0.3, -0.25) is 0 Å². The third-order valence-corrected chi connectivity index (χ3v) is 3.32. The highest BCUT2D eigenvalue weighted by atomic mass is 19.4. The Hall–Kier alpha value is -2.88. The fourth-order valence-corrected chi connectivity index (χ4v) is 2.08. The van der Waals surface area contributed by atoms with Gasteiger partial charge < -0.3 is 20.5 Å². The summed E-state index contributed by atoms with van der Waals surface area (Å²) in [7, 11) is 0. The molecule has 0 bridgehead atoms. The SMILES string of the molecule is O=C(NC[C@@H](O)c1ccnc(OCC(F)(F)F)c1)Nc1cccc(CF)c1. The first-order chi connectivity index (χ1) is 12.8. The average molecular weight is 387 g/mol. The lowest BCUT2D eigenvalue weighted by atomic mass is 10.1. The van der Waals surface area contributed by atoms with E-state index >= 15 is 0 Å². The van der Waals surface area contributed by atoms with E-state index in [1.54, 1.807) is 18.2 Å². The fourth-order valence-electron chi connectivity index (χ4n) is 2.08. The van der Waals surface area contributed by atoms with E-state index in [-0.39, 0.29) is 18.0 Å². The topological polar surface area (TPSA) is 83.5 Å². The van der Waals surface area contributed by atoms with E-state index in [2.05, 4.69) is 20.4 Å². The van der Waals surface area contributed by atoms with Gasteiger partial charge >= 0.3 is 12.2 Å². The predicted molar refractivity (Wildman–Crippen MR) is 89.0 cm³/mol. The highest BCUT2D eigenvalue weighted by molar-refractivity contribution is 5.89. The van der Waals surface area contributed by atoms with Gasteiger partial charge in [0.05, 0.1) is 6.10 Å². The zero-order chi connectivity index (χ0) is 19.9. The lowest BCUT2D eigenvalue weighted by molar-refractivity contribution is -0.154. The normalized spacial score (nSPS) is 12.3. The van der Waals surface area contributed by atoms with Crippen molar-refractivity contribution in [2.75, 3.05) is 18.5 Å². The highest BCUT2D eigenvalue weighted by Gasteiger charge is 2.28. The Morgan fingerprint density at radius 3 is 2.74 bits per heavy atom. The van der Waals surface area contributed by atoms with Crippen molar-refractivity contribution >= 4 is 11.7 Å². The number of rotatable bonds is 7. The Morgan fingerprint density at radius 1 is 1.26 bits per heavy atom. The summed E-state index contributed by atoms with van der Waals surface area (Å²) >= 11 is 0. The van der Waals surface area contributed by atoms with Crippen LogP contribution in [0.5, 0.6) is 5.88 Å². The van der Waals surface area contributed by atoms with E-state index < -0.39 is 31.6 Å². The molecule has 2 rings (SSSR count). The number of hydrogen-bond acceptors (Lipinski definition) is 4. The van der Waals surface area contributed by atoms with Gasteiger partial charge in [0.15, 0.2) is 6.61 Å². The van der Waals surface area contributed by atoms with Crippen LogP contribution in [0.25, 0.3) is 0 Å². The van der Waals surface area contributed by atoms with Crippen LogP contribution in [0.1, 0.15) is 17.2 Å². The van der Waals surface area contributed by atoms with Crippen molar-refractivity contribution in [2.24, 2.45) is 0 Å². The van der Waals surface area contributed by atoms with E-state index in [9.17, 15) is 27.5 Å². The Kier molecular flexibility index (Phi) is 6.94. The molecule has 1 aromatic heterocycles. The number of hydrogen-bond donors (Lipinski definition) is 3. The molecule has 2 aromatic rings. The number of aliphatic hydroxyl groups is 1. The van der Waals surface area contributed by atoms with Crippen LogP contribution in [0.2, 0.25) is 0 Å². The van der Waals surface area contributed by atoms with Crippen LogP contribution in [0, 0.1) is 0 Å². The molecule has 6 nitrogen and oxygen atoms in total. The molecule has 0 saturated heterocycles.